The molecule has 6 nitrogen and oxygen atoms in total. The molecule has 1 aromatic rings. The first-order valence-corrected chi connectivity index (χ1v) is 5.55. The van der Waals surface area contributed by atoms with Crippen LogP contribution >= 0.6 is 0 Å². The van der Waals surface area contributed by atoms with Crippen LogP contribution in [0.1, 0.15) is 29.6 Å². The Morgan fingerprint density at radius 1 is 1.71 bits per heavy atom. The van der Waals surface area contributed by atoms with Crippen LogP contribution in [0.3, 0.4) is 0 Å². The zero-order valence-electron chi connectivity index (χ0n) is 9.88. The SMILES string of the molecule is Cc1cc(C(=O)N2CC/C(=N\O)C(C)C2)no1. The summed E-state index contributed by atoms with van der Waals surface area (Å²) < 4.78 is 4.88. The van der Waals surface area contributed by atoms with E-state index in [-0.39, 0.29) is 11.8 Å². The van der Waals surface area contributed by atoms with Gasteiger partial charge in [0.2, 0.25) is 0 Å². The second-order valence-corrected chi connectivity index (χ2v) is 4.32. The molecule has 17 heavy (non-hydrogen) atoms. The highest BCUT2D eigenvalue weighted by Gasteiger charge is 2.27. The summed E-state index contributed by atoms with van der Waals surface area (Å²) in [5.41, 5.74) is 1.07. The first kappa shape index (κ1) is 11.6. The molecule has 0 bridgehead atoms. The number of carbonyl (C=O) groups excluding carboxylic acids is 1. The number of aryl methyl sites for hydroxylation is 1. The Bertz CT molecular complexity index is 453. The summed E-state index contributed by atoms with van der Waals surface area (Å²) in [5, 5.41) is 15.7. The maximum atomic E-state index is 12.1. The minimum Gasteiger partial charge on any atom is -0.411 e. The van der Waals surface area contributed by atoms with E-state index in [4.69, 9.17) is 9.73 Å². The number of amides is 1. The average molecular weight is 237 g/mol. The Morgan fingerprint density at radius 2 is 2.47 bits per heavy atom. The number of likely N-dealkylation sites (tertiary alicyclic amines) is 1. The van der Waals surface area contributed by atoms with Gasteiger partial charge >= 0.3 is 0 Å². The Labute approximate surface area is 98.9 Å². The Morgan fingerprint density at radius 3 is 3.00 bits per heavy atom. The van der Waals surface area contributed by atoms with Gasteiger partial charge in [0, 0.05) is 31.5 Å². The molecule has 0 aromatic carbocycles. The summed E-state index contributed by atoms with van der Waals surface area (Å²) in [7, 11) is 0. The topological polar surface area (TPSA) is 78.9 Å². The third-order valence-corrected chi connectivity index (χ3v) is 2.96. The average Bonchev–Trinajstić information content (AvgIpc) is 2.75. The molecule has 2 heterocycles. The van der Waals surface area contributed by atoms with Crippen molar-refractivity contribution in [2.75, 3.05) is 13.1 Å². The largest absolute Gasteiger partial charge is 0.411 e. The molecule has 6 heteroatoms. The Kier molecular flexibility index (Phi) is 3.12. The molecule has 92 valence electrons. The van der Waals surface area contributed by atoms with Gasteiger partial charge in [0.1, 0.15) is 5.76 Å². The van der Waals surface area contributed by atoms with E-state index in [0.717, 1.165) is 5.71 Å². The van der Waals surface area contributed by atoms with Crippen molar-refractivity contribution in [1.29, 1.82) is 0 Å². The second kappa shape index (κ2) is 4.57. The van der Waals surface area contributed by atoms with Crippen molar-refractivity contribution in [3.8, 4) is 0 Å². The molecule has 1 N–H and O–H groups in total. The number of carbonyl (C=O) groups is 1. The Hall–Kier alpha value is -1.85. The van der Waals surface area contributed by atoms with Gasteiger partial charge in [-0.05, 0) is 6.92 Å². The van der Waals surface area contributed by atoms with Crippen LogP contribution in [0.2, 0.25) is 0 Å². The number of piperidine rings is 1. The van der Waals surface area contributed by atoms with Crippen LogP contribution < -0.4 is 0 Å². The van der Waals surface area contributed by atoms with E-state index in [1.807, 2.05) is 6.92 Å². The highest BCUT2D eigenvalue weighted by Crippen LogP contribution is 2.16. The van der Waals surface area contributed by atoms with Gasteiger partial charge in [-0.2, -0.15) is 0 Å². The van der Waals surface area contributed by atoms with Crippen LogP contribution in [0.25, 0.3) is 0 Å². The van der Waals surface area contributed by atoms with E-state index in [9.17, 15) is 4.79 Å². The lowest BCUT2D eigenvalue weighted by molar-refractivity contribution is 0.0723. The normalized spacial score (nSPS) is 23.1. The van der Waals surface area contributed by atoms with Crippen LogP contribution in [0, 0.1) is 12.8 Å². The summed E-state index contributed by atoms with van der Waals surface area (Å²) in [6, 6.07) is 1.63. The predicted molar refractivity (Wildman–Crippen MR) is 60.1 cm³/mol. The standard InChI is InChI=1S/C11H15N3O3/c1-7-6-14(4-3-9(7)12-16)11(15)10-5-8(2)17-13-10/h5,7,16H,3-4,6H2,1-2H3/b12-9+. The van der Waals surface area contributed by atoms with Crippen molar-refractivity contribution < 1.29 is 14.5 Å². The molecule has 1 atom stereocenters. The summed E-state index contributed by atoms with van der Waals surface area (Å²) in [5.74, 6) is 0.562. The van der Waals surface area contributed by atoms with Crippen LogP contribution in [-0.2, 0) is 0 Å². The number of nitrogens with zero attached hydrogens (tertiary/aromatic N) is 3. The van der Waals surface area contributed by atoms with E-state index in [1.165, 1.54) is 0 Å². The quantitative estimate of drug-likeness (QED) is 0.589. The molecule has 1 amide bonds. The first-order valence-electron chi connectivity index (χ1n) is 5.55. The smallest absolute Gasteiger partial charge is 0.276 e. The molecule has 1 aliphatic heterocycles. The molecule has 1 saturated heterocycles. The molecule has 1 aromatic heterocycles. The fraction of sp³-hybridized carbons (Fsp3) is 0.545. The molecule has 0 spiro atoms. The van der Waals surface area contributed by atoms with E-state index >= 15 is 0 Å². The summed E-state index contributed by atoms with van der Waals surface area (Å²) >= 11 is 0. The lowest BCUT2D eigenvalue weighted by Gasteiger charge is -2.30. The molecule has 1 fully saturated rings. The van der Waals surface area contributed by atoms with Crippen LogP contribution in [-0.4, -0.2) is 40.0 Å². The van der Waals surface area contributed by atoms with Crippen molar-refractivity contribution >= 4 is 11.6 Å². The lowest BCUT2D eigenvalue weighted by atomic mass is 9.97. The summed E-state index contributed by atoms with van der Waals surface area (Å²) in [6.45, 7) is 4.78. The van der Waals surface area contributed by atoms with Crippen molar-refractivity contribution in [2.24, 2.45) is 11.1 Å². The van der Waals surface area contributed by atoms with Crippen molar-refractivity contribution in [1.82, 2.24) is 10.1 Å². The van der Waals surface area contributed by atoms with Gasteiger partial charge in [0.05, 0.1) is 5.71 Å². The Balaban J connectivity index is 2.07. The third-order valence-electron chi connectivity index (χ3n) is 2.96. The van der Waals surface area contributed by atoms with Gasteiger partial charge in [-0.15, -0.1) is 0 Å². The van der Waals surface area contributed by atoms with E-state index in [0.29, 0.717) is 31.0 Å². The van der Waals surface area contributed by atoms with Gasteiger partial charge in [-0.25, -0.2) is 0 Å². The minimum absolute atomic E-state index is 0.0747. The van der Waals surface area contributed by atoms with Gasteiger partial charge < -0.3 is 14.6 Å². The van der Waals surface area contributed by atoms with Gasteiger partial charge in [0.15, 0.2) is 5.69 Å². The minimum atomic E-state index is -0.134. The van der Waals surface area contributed by atoms with E-state index in [2.05, 4.69) is 10.3 Å². The predicted octanol–water partition coefficient (Wildman–Crippen LogP) is 1.30. The van der Waals surface area contributed by atoms with Gasteiger partial charge in [-0.1, -0.05) is 17.2 Å². The molecule has 2 rings (SSSR count). The fourth-order valence-electron chi connectivity index (χ4n) is 1.99. The van der Waals surface area contributed by atoms with Crippen LogP contribution in [0.4, 0.5) is 0 Å². The molecule has 0 saturated carbocycles. The zero-order valence-corrected chi connectivity index (χ0v) is 9.88. The number of rotatable bonds is 1. The molecule has 1 unspecified atom stereocenters. The summed E-state index contributed by atoms with van der Waals surface area (Å²) in [4.78, 5) is 13.8. The highest BCUT2D eigenvalue weighted by atomic mass is 16.5. The molecular weight excluding hydrogens is 222 g/mol. The van der Waals surface area contributed by atoms with Crippen LogP contribution in [0.5, 0.6) is 0 Å². The molecular formula is C11H15N3O3. The fourth-order valence-corrected chi connectivity index (χ4v) is 1.99. The van der Waals surface area contributed by atoms with Crippen molar-refractivity contribution in [3.05, 3.63) is 17.5 Å². The highest BCUT2D eigenvalue weighted by molar-refractivity contribution is 5.95. The monoisotopic (exact) mass is 237 g/mol. The van der Waals surface area contributed by atoms with Gasteiger partial charge in [-0.3, -0.25) is 4.79 Å². The lowest BCUT2D eigenvalue weighted by Crippen LogP contribution is -2.43. The molecule has 0 radical (unpaired) electrons. The van der Waals surface area contributed by atoms with Gasteiger partial charge in [0.25, 0.3) is 5.91 Å². The van der Waals surface area contributed by atoms with Crippen molar-refractivity contribution in [2.45, 2.75) is 20.3 Å². The summed E-state index contributed by atoms with van der Waals surface area (Å²) in [6.07, 6.45) is 0.597. The number of hydrogen-bond donors (Lipinski definition) is 1. The van der Waals surface area contributed by atoms with Crippen molar-refractivity contribution in [3.63, 3.8) is 0 Å². The number of aromatic nitrogens is 1. The molecule has 0 aliphatic carbocycles. The maximum absolute atomic E-state index is 12.1. The first-order chi connectivity index (χ1) is 8.11. The van der Waals surface area contributed by atoms with E-state index in [1.54, 1.807) is 17.9 Å². The third kappa shape index (κ3) is 2.30. The number of hydrogen-bond acceptors (Lipinski definition) is 5. The number of oxime groups is 1. The molecule has 1 aliphatic rings. The zero-order chi connectivity index (χ0) is 12.4. The second-order valence-electron chi connectivity index (χ2n) is 4.32. The van der Waals surface area contributed by atoms with Crippen LogP contribution in [0.15, 0.2) is 15.7 Å². The maximum Gasteiger partial charge on any atom is 0.276 e. The van der Waals surface area contributed by atoms with E-state index < -0.39 is 0 Å².